The summed E-state index contributed by atoms with van der Waals surface area (Å²) in [5.41, 5.74) is 1.37. The summed E-state index contributed by atoms with van der Waals surface area (Å²) in [5.74, 6) is 0. The number of hydrogen-bond acceptors (Lipinski definition) is 5. The molecule has 0 amide bonds. The molecule has 0 fully saturated rings. The number of nitrogens with zero attached hydrogens (tertiary/aromatic N) is 1. The summed E-state index contributed by atoms with van der Waals surface area (Å²) < 4.78 is 34.5. The first-order valence-corrected chi connectivity index (χ1v) is 11.5. The van der Waals surface area contributed by atoms with Crippen molar-refractivity contribution in [1.29, 1.82) is 0 Å². The van der Waals surface area contributed by atoms with E-state index in [1.54, 1.807) is 0 Å². The first kappa shape index (κ1) is 34.2. The van der Waals surface area contributed by atoms with E-state index in [1.807, 2.05) is 6.07 Å². The van der Waals surface area contributed by atoms with E-state index < -0.39 is 10.4 Å². The van der Waals surface area contributed by atoms with Crippen molar-refractivity contribution in [2.75, 3.05) is 20.7 Å². The van der Waals surface area contributed by atoms with Gasteiger partial charge in [0.25, 0.3) is 0 Å². The van der Waals surface area contributed by atoms with Crippen LogP contribution < -0.4 is 29.6 Å². The molecule has 0 aliphatic heterocycles. The second-order valence-corrected chi connectivity index (χ2v) is 8.19. The van der Waals surface area contributed by atoms with Crippen molar-refractivity contribution in [3.05, 3.63) is 35.9 Å². The minimum absolute atomic E-state index is 0. The van der Waals surface area contributed by atoms with Crippen molar-refractivity contribution in [3.63, 3.8) is 0 Å². The Kier molecular flexibility index (Phi) is 27.3. The fraction of sp³-hybridized carbons (Fsp3) is 0.714. The number of halogens is 1. The van der Waals surface area contributed by atoms with E-state index in [0.29, 0.717) is 6.42 Å². The zero-order valence-corrected chi connectivity index (χ0v) is 23.3. The first-order chi connectivity index (χ1) is 12.8. The van der Waals surface area contributed by atoms with Gasteiger partial charge in [-0.1, -0.05) is 95.0 Å². The molecule has 1 aromatic rings. The van der Waals surface area contributed by atoms with Crippen LogP contribution in [0.5, 0.6) is 0 Å². The second kappa shape index (κ2) is 23.2. The fourth-order valence-corrected chi connectivity index (χ4v) is 3.02. The van der Waals surface area contributed by atoms with Gasteiger partial charge in [0.05, 0.1) is 6.61 Å². The van der Waals surface area contributed by atoms with Crippen LogP contribution in [0.4, 0.5) is 0 Å². The normalized spacial score (nSPS) is 10.5. The Hall–Kier alpha value is 0.530. The van der Waals surface area contributed by atoms with Crippen molar-refractivity contribution in [2.24, 2.45) is 0 Å². The van der Waals surface area contributed by atoms with Gasteiger partial charge >= 0.3 is 29.6 Å². The van der Waals surface area contributed by atoms with Crippen LogP contribution in [-0.4, -0.2) is 38.6 Å². The molecule has 0 aliphatic rings. The summed E-state index contributed by atoms with van der Waals surface area (Å²) in [5, 5.41) is 0. The third kappa shape index (κ3) is 28.5. The Bertz CT molecular complexity index is 545. The van der Waals surface area contributed by atoms with E-state index in [1.165, 1.54) is 50.5 Å². The predicted octanol–water partition coefficient (Wildman–Crippen LogP) is 2.71. The third-order valence-corrected chi connectivity index (χ3v) is 4.52. The standard InChI is InChI=1S/C12H26O4S.C9H13N.BrH.Na/c1-2-3-4-5-6-7-8-9-10-11-12-16-17(13,14)15;1-10(2)8-9-6-4-3-5-7-9;;/h2-12H2,1H3,(H,13,14,15);3-7H,8H2,1-2H3;1H;/q;;;+1/p-1. The molecule has 1 rings (SSSR count). The summed E-state index contributed by atoms with van der Waals surface area (Å²) in [6.07, 6.45) is 11.7. The summed E-state index contributed by atoms with van der Waals surface area (Å²) >= 11 is 0. The molecule has 0 saturated carbocycles. The van der Waals surface area contributed by atoms with Crippen LogP contribution in [0.15, 0.2) is 30.3 Å². The smallest absolute Gasteiger partial charge is 0.726 e. The van der Waals surface area contributed by atoms with Gasteiger partial charge < -0.3 is 9.45 Å². The summed E-state index contributed by atoms with van der Waals surface area (Å²) in [6.45, 7) is 3.27. The Labute approximate surface area is 212 Å². The Balaban J connectivity index is -0.000000484. The van der Waals surface area contributed by atoms with Gasteiger partial charge in [-0.25, -0.2) is 8.42 Å². The van der Waals surface area contributed by atoms with Crippen LogP contribution in [0.3, 0.4) is 0 Å². The monoisotopic (exact) mass is 503 g/mol. The van der Waals surface area contributed by atoms with E-state index in [9.17, 15) is 13.0 Å². The van der Waals surface area contributed by atoms with Gasteiger partial charge in [-0.15, -0.1) is 17.0 Å². The van der Waals surface area contributed by atoms with Gasteiger partial charge in [0.1, 0.15) is 0 Å². The Morgan fingerprint density at radius 1 is 0.862 bits per heavy atom. The molecule has 0 aliphatic carbocycles. The zero-order chi connectivity index (χ0) is 20.4. The van der Waals surface area contributed by atoms with Crippen molar-refractivity contribution >= 4 is 27.4 Å². The van der Waals surface area contributed by atoms with E-state index in [-0.39, 0.29) is 53.1 Å². The fourth-order valence-electron chi connectivity index (χ4n) is 2.70. The molecule has 0 N–H and O–H groups in total. The molecular formula is C21H39BrNNaO4S. The van der Waals surface area contributed by atoms with Gasteiger partial charge in [0.2, 0.25) is 10.4 Å². The van der Waals surface area contributed by atoms with Crippen molar-refractivity contribution in [2.45, 2.75) is 77.7 Å². The minimum Gasteiger partial charge on any atom is -0.726 e. The largest absolute Gasteiger partial charge is 1.00 e. The topological polar surface area (TPSA) is 69.7 Å². The molecule has 0 bridgehead atoms. The van der Waals surface area contributed by atoms with E-state index in [0.717, 1.165) is 19.4 Å². The Morgan fingerprint density at radius 3 is 1.72 bits per heavy atom. The van der Waals surface area contributed by atoms with Gasteiger partial charge in [0, 0.05) is 6.54 Å². The predicted molar refractivity (Wildman–Crippen MR) is 122 cm³/mol. The summed E-state index contributed by atoms with van der Waals surface area (Å²) in [4.78, 5) is 2.16. The zero-order valence-electron chi connectivity index (χ0n) is 18.8. The van der Waals surface area contributed by atoms with Crippen molar-refractivity contribution in [3.8, 4) is 0 Å². The quantitative estimate of drug-likeness (QED) is 0.169. The molecule has 8 heteroatoms. The van der Waals surface area contributed by atoms with Gasteiger partial charge in [-0.05, 0) is 26.1 Å². The molecular weight excluding hydrogens is 465 g/mol. The molecule has 166 valence electrons. The van der Waals surface area contributed by atoms with E-state index >= 15 is 0 Å². The van der Waals surface area contributed by atoms with Crippen LogP contribution in [0.2, 0.25) is 0 Å². The molecule has 29 heavy (non-hydrogen) atoms. The molecule has 1 aromatic carbocycles. The first-order valence-electron chi connectivity index (χ1n) is 10.1. The van der Waals surface area contributed by atoms with E-state index in [4.69, 9.17) is 0 Å². The molecule has 0 atom stereocenters. The van der Waals surface area contributed by atoms with Gasteiger partial charge in [-0.2, -0.15) is 0 Å². The third-order valence-electron chi connectivity index (χ3n) is 4.07. The maximum Gasteiger partial charge on any atom is 1.00 e. The SMILES string of the molecule is Br.CCCCCCCCCCCCOS(=O)(=O)[O-].CN(C)Cc1ccccc1.[Na+]. The summed E-state index contributed by atoms with van der Waals surface area (Å²) in [7, 11) is -0.332. The molecule has 0 heterocycles. The Morgan fingerprint density at radius 2 is 1.31 bits per heavy atom. The molecule has 0 aromatic heterocycles. The van der Waals surface area contributed by atoms with Gasteiger partial charge in [0.15, 0.2) is 0 Å². The number of hydrogen-bond donors (Lipinski definition) is 0. The molecule has 5 nitrogen and oxygen atoms in total. The second-order valence-electron chi connectivity index (χ2n) is 7.14. The number of rotatable bonds is 14. The van der Waals surface area contributed by atoms with E-state index in [2.05, 4.69) is 54.4 Å². The van der Waals surface area contributed by atoms with Crippen LogP contribution in [-0.2, 0) is 21.1 Å². The molecule has 0 unspecified atom stereocenters. The maximum absolute atomic E-state index is 10.1. The molecule has 0 radical (unpaired) electrons. The van der Waals surface area contributed by atoms with Crippen LogP contribution in [0, 0.1) is 0 Å². The minimum atomic E-state index is -4.48. The average Bonchev–Trinajstić information content (AvgIpc) is 2.60. The number of unbranched alkanes of at least 4 members (excludes halogenated alkanes) is 9. The van der Waals surface area contributed by atoms with Crippen LogP contribution >= 0.6 is 17.0 Å². The number of benzene rings is 1. The molecule has 0 saturated heterocycles. The van der Waals surface area contributed by atoms with Crippen molar-refractivity contribution < 1.29 is 46.7 Å². The maximum atomic E-state index is 10.1. The van der Waals surface area contributed by atoms with Gasteiger partial charge in [-0.3, -0.25) is 4.18 Å². The van der Waals surface area contributed by atoms with Crippen molar-refractivity contribution in [1.82, 2.24) is 4.90 Å². The molecule has 0 spiro atoms. The average molecular weight is 505 g/mol. The van der Waals surface area contributed by atoms with Crippen LogP contribution in [0.1, 0.15) is 76.7 Å². The van der Waals surface area contributed by atoms with Crippen LogP contribution in [0.25, 0.3) is 0 Å². The summed E-state index contributed by atoms with van der Waals surface area (Å²) in [6, 6.07) is 10.5.